The molecule has 1 aromatic heterocycles. The van der Waals surface area contributed by atoms with Gasteiger partial charge in [-0.15, -0.1) is 0 Å². The van der Waals surface area contributed by atoms with Crippen LogP contribution in [0.25, 0.3) is 17.0 Å². The average molecular weight is 238 g/mol. The molecule has 0 atom stereocenters. The van der Waals surface area contributed by atoms with Gasteiger partial charge in [0, 0.05) is 11.1 Å². The normalized spacial score (nSPS) is 11.9. The Kier molecular flexibility index (Phi) is 3.86. The van der Waals surface area contributed by atoms with Crippen molar-refractivity contribution in [2.24, 2.45) is 0 Å². The van der Waals surface area contributed by atoms with Crippen LogP contribution in [0, 0.1) is 0 Å². The van der Waals surface area contributed by atoms with Crippen LogP contribution >= 0.6 is 0 Å². The zero-order valence-corrected chi connectivity index (χ0v) is 10.2. The molecule has 0 spiro atoms. The second-order valence-electron chi connectivity index (χ2n) is 3.76. The molecule has 0 N–H and O–H groups in total. The van der Waals surface area contributed by atoms with Crippen LogP contribution in [0.5, 0.6) is 0 Å². The van der Waals surface area contributed by atoms with E-state index in [1.807, 2.05) is 55.5 Å². The minimum absolute atomic E-state index is 0.530. The first-order valence-electron chi connectivity index (χ1n) is 5.67. The van der Waals surface area contributed by atoms with E-state index in [-0.39, 0.29) is 0 Å². The van der Waals surface area contributed by atoms with E-state index < -0.39 is 0 Å². The van der Waals surface area contributed by atoms with Crippen LogP contribution in [0.15, 0.2) is 65.7 Å². The van der Waals surface area contributed by atoms with Crippen molar-refractivity contribution >= 4 is 5.57 Å². The summed E-state index contributed by atoms with van der Waals surface area (Å²) in [5.74, 6) is 1.13. The first-order chi connectivity index (χ1) is 8.81. The highest BCUT2D eigenvalue weighted by atomic mass is 16.5. The van der Waals surface area contributed by atoms with Crippen molar-refractivity contribution in [3.05, 3.63) is 67.1 Å². The first kappa shape index (κ1) is 12.0. The van der Waals surface area contributed by atoms with Crippen molar-refractivity contribution < 1.29 is 4.52 Å². The summed E-state index contributed by atoms with van der Waals surface area (Å²) in [6, 6.07) is 9.74. The van der Waals surface area contributed by atoms with E-state index in [9.17, 15) is 0 Å². The maximum atomic E-state index is 5.22. The minimum Gasteiger partial charge on any atom is -0.334 e. The molecule has 0 bridgehead atoms. The molecule has 0 unspecified atom stereocenters. The van der Waals surface area contributed by atoms with Crippen molar-refractivity contribution in [3.8, 4) is 11.4 Å². The van der Waals surface area contributed by atoms with Crippen LogP contribution in [0.3, 0.4) is 0 Å². The number of aromatic nitrogens is 2. The monoisotopic (exact) mass is 238 g/mol. The van der Waals surface area contributed by atoms with E-state index in [2.05, 4.69) is 16.7 Å². The molecular weight excluding hydrogens is 224 g/mol. The molecule has 3 heteroatoms. The molecule has 2 aromatic rings. The van der Waals surface area contributed by atoms with Gasteiger partial charge in [0.05, 0.1) is 0 Å². The SMILES string of the molecule is C=C/C=C\C=C(/C)c1nc(-c2ccccc2)no1. The summed E-state index contributed by atoms with van der Waals surface area (Å²) in [5.41, 5.74) is 1.87. The zero-order valence-electron chi connectivity index (χ0n) is 10.2. The Bertz CT molecular complexity index is 580. The fraction of sp³-hybridized carbons (Fsp3) is 0.0667. The van der Waals surface area contributed by atoms with Crippen molar-refractivity contribution in [2.75, 3.05) is 0 Å². The molecule has 0 radical (unpaired) electrons. The molecule has 3 nitrogen and oxygen atoms in total. The first-order valence-corrected chi connectivity index (χ1v) is 5.67. The van der Waals surface area contributed by atoms with Crippen LogP contribution in [-0.2, 0) is 0 Å². The van der Waals surface area contributed by atoms with Gasteiger partial charge >= 0.3 is 0 Å². The lowest BCUT2D eigenvalue weighted by Gasteiger charge is -1.91. The molecule has 1 aromatic carbocycles. The number of hydrogen-bond donors (Lipinski definition) is 0. The summed E-state index contributed by atoms with van der Waals surface area (Å²) in [4.78, 5) is 4.35. The molecule has 0 fully saturated rings. The Morgan fingerprint density at radius 2 is 2.00 bits per heavy atom. The fourth-order valence-electron chi connectivity index (χ4n) is 1.44. The molecule has 0 aliphatic rings. The molecule has 90 valence electrons. The third kappa shape index (κ3) is 2.83. The zero-order chi connectivity index (χ0) is 12.8. The number of hydrogen-bond acceptors (Lipinski definition) is 3. The van der Waals surface area contributed by atoms with Crippen LogP contribution < -0.4 is 0 Å². The topological polar surface area (TPSA) is 38.9 Å². The molecule has 18 heavy (non-hydrogen) atoms. The Balaban J connectivity index is 2.23. The molecule has 0 aliphatic carbocycles. The summed E-state index contributed by atoms with van der Waals surface area (Å²) in [6.07, 6.45) is 7.35. The summed E-state index contributed by atoms with van der Waals surface area (Å²) in [5, 5.41) is 3.96. The standard InChI is InChI=1S/C15H14N2O/c1-3-4-6-9-12(2)15-16-14(17-18-15)13-10-7-5-8-11-13/h3-11H,1H2,2H3/b6-4-,12-9+. The second-order valence-corrected chi connectivity index (χ2v) is 3.76. The van der Waals surface area contributed by atoms with Crippen LogP contribution in [0.2, 0.25) is 0 Å². The fourth-order valence-corrected chi connectivity index (χ4v) is 1.44. The minimum atomic E-state index is 0.530. The van der Waals surface area contributed by atoms with Gasteiger partial charge in [0.25, 0.3) is 5.89 Å². The van der Waals surface area contributed by atoms with Crippen LogP contribution in [0.1, 0.15) is 12.8 Å². The van der Waals surface area contributed by atoms with Crippen molar-refractivity contribution in [2.45, 2.75) is 6.92 Å². The van der Waals surface area contributed by atoms with E-state index >= 15 is 0 Å². The lowest BCUT2D eigenvalue weighted by atomic mass is 10.2. The van der Waals surface area contributed by atoms with Gasteiger partial charge in [-0.2, -0.15) is 4.98 Å². The maximum absolute atomic E-state index is 5.22. The highest BCUT2D eigenvalue weighted by molar-refractivity contribution is 5.61. The van der Waals surface area contributed by atoms with Crippen molar-refractivity contribution in [1.82, 2.24) is 10.1 Å². The van der Waals surface area contributed by atoms with Crippen LogP contribution in [0.4, 0.5) is 0 Å². The number of benzene rings is 1. The Labute approximate surface area is 106 Å². The van der Waals surface area contributed by atoms with Gasteiger partial charge in [-0.1, -0.05) is 66.4 Å². The van der Waals surface area contributed by atoms with E-state index in [4.69, 9.17) is 4.52 Å². The van der Waals surface area contributed by atoms with Gasteiger partial charge in [-0.3, -0.25) is 0 Å². The van der Waals surface area contributed by atoms with Gasteiger partial charge in [-0.05, 0) is 6.92 Å². The van der Waals surface area contributed by atoms with E-state index in [0.29, 0.717) is 11.7 Å². The molecule has 0 amide bonds. The number of nitrogens with zero attached hydrogens (tertiary/aromatic N) is 2. The lowest BCUT2D eigenvalue weighted by molar-refractivity contribution is 0.408. The van der Waals surface area contributed by atoms with Crippen molar-refractivity contribution in [1.29, 1.82) is 0 Å². The number of allylic oxidation sites excluding steroid dienone is 5. The lowest BCUT2D eigenvalue weighted by Crippen LogP contribution is -1.81. The van der Waals surface area contributed by atoms with Gasteiger partial charge in [0.2, 0.25) is 5.82 Å². The molecule has 1 heterocycles. The quantitative estimate of drug-likeness (QED) is 0.759. The van der Waals surface area contributed by atoms with Crippen LogP contribution in [-0.4, -0.2) is 10.1 Å². The molecule has 2 rings (SSSR count). The largest absolute Gasteiger partial charge is 0.334 e. The Hall–Kier alpha value is -2.42. The van der Waals surface area contributed by atoms with Gasteiger partial charge in [0.15, 0.2) is 0 Å². The molecule has 0 saturated heterocycles. The van der Waals surface area contributed by atoms with Gasteiger partial charge in [0.1, 0.15) is 0 Å². The smallest absolute Gasteiger partial charge is 0.253 e. The number of rotatable bonds is 4. The highest BCUT2D eigenvalue weighted by Crippen LogP contribution is 2.18. The molecular formula is C15H14N2O. The summed E-state index contributed by atoms with van der Waals surface area (Å²) in [6.45, 7) is 5.53. The summed E-state index contributed by atoms with van der Waals surface area (Å²) in [7, 11) is 0. The molecule has 0 saturated carbocycles. The average Bonchev–Trinajstić information content (AvgIpc) is 2.89. The Morgan fingerprint density at radius 3 is 2.72 bits per heavy atom. The highest BCUT2D eigenvalue weighted by Gasteiger charge is 2.08. The Morgan fingerprint density at radius 1 is 1.22 bits per heavy atom. The van der Waals surface area contributed by atoms with E-state index in [0.717, 1.165) is 11.1 Å². The maximum Gasteiger partial charge on any atom is 0.253 e. The summed E-state index contributed by atoms with van der Waals surface area (Å²) >= 11 is 0. The summed E-state index contributed by atoms with van der Waals surface area (Å²) < 4.78 is 5.22. The molecule has 0 aliphatic heterocycles. The van der Waals surface area contributed by atoms with Gasteiger partial charge in [-0.25, -0.2) is 0 Å². The third-order valence-electron chi connectivity index (χ3n) is 2.39. The second kappa shape index (κ2) is 5.77. The van der Waals surface area contributed by atoms with Gasteiger partial charge < -0.3 is 4.52 Å². The van der Waals surface area contributed by atoms with Crippen molar-refractivity contribution in [3.63, 3.8) is 0 Å². The predicted molar refractivity (Wildman–Crippen MR) is 72.7 cm³/mol. The third-order valence-corrected chi connectivity index (χ3v) is 2.39. The predicted octanol–water partition coefficient (Wildman–Crippen LogP) is 3.88. The van der Waals surface area contributed by atoms with E-state index in [1.54, 1.807) is 6.08 Å². The van der Waals surface area contributed by atoms with E-state index in [1.165, 1.54) is 0 Å².